The van der Waals surface area contributed by atoms with E-state index in [0.717, 1.165) is 10.9 Å². The largest absolute Gasteiger partial charge is 0.441 e. The summed E-state index contributed by atoms with van der Waals surface area (Å²) in [6.45, 7) is 4.87. The Bertz CT molecular complexity index is 973. The minimum atomic E-state index is -4.70. The lowest BCUT2D eigenvalue weighted by molar-refractivity contribution is -0.145. The third kappa shape index (κ3) is 3.86. The van der Waals surface area contributed by atoms with Crippen LogP contribution >= 0.6 is 0 Å². The molecule has 0 aliphatic rings. The lowest BCUT2D eigenvalue weighted by atomic mass is 10.1. The highest BCUT2D eigenvalue weighted by atomic mass is 19.4. The van der Waals surface area contributed by atoms with E-state index in [4.69, 9.17) is 4.42 Å². The highest BCUT2D eigenvalue weighted by Crippen LogP contribution is 2.34. The summed E-state index contributed by atoms with van der Waals surface area (Å²) < 4.78 is 46.5. The molecule has 0 saturated heterocycles. The van der Waals surface area contributed by atoms with Gasteiger partial charge in [-0.15, -0.1) is 0 Å². The number of carbonyl (C=O) groups excluding carboxylic acids is 1. The molecule has 0 atom stereocenters. The molecule has 0 fully saturated rings. The lowest BCUT2D eigenvalue weighted by Crippen LogP contribution is -2.22. The van der Waals surface area contributed by atoms with Gasteiger partial charge in [0.1, 0.15) is 5.76 Å². The molecule has 0 spiro atoms. The first-order valence-electron chi connectivity index (χ1n) is 8.15. The molecule has 2 heterocycles. The molecule has 142 valence electrons. The molecule has 0 unspecified atom stereocenters. The molecule has 0 radical (unpaired) electrons. The van der Waals surface area contributed by atoms with Gasteiger partial charge in [0, 0.05) is 17.3 Å². The summed E-state index contributed by atoms with van der Waals surface area (Å²) in [5.41, 5.74) is -0.698. The van der Waals surface area contributed by atoms with Gasteiger partial charge in [-0.25, -0.2) is 4.98 Å². The molecule has 2 aromatic heterocycles. The van der Waals surface area contributed by atoms with E-state index in [0.29, 0.717) is 22.9 Å². The van der Waals surface area contributed by atoms with Gasteiger partial charge in [0.05, 0.1) is 18.0 Å². The number of alkyl halides is 3. The van der Waals surface area contributed by atoms with Crippen LogP contribution in [0, 0.1) is 6.92 Å². The van der Waals surface area contributed by atoms with Gasteiger partial charge in [0.25, 0.3) is 5.91 Å². The Morgan fingerprint density at radius 3 is 2.59 bits per heavy atom. The van der Waals surface area contributed by atoms with Crippen LogP contribution in [0.5, 0.6) is 0 Å². The number of benzene rings is 1. The molecular weight excluding hydrogens is 361 g/mol. The summed E-state index contributed by atoms with van der Waals surface area (Å²) in [6.07, 6.45) is -2.22. The van der Waals surface area contributed by atoms with Gasteiger partial charge in [-0.05, 0) is 39.0 Å². The van der Waals surface area contributed by atoms with Gasteiger partial charge in [-0.1, -0.05) is 6.07 Å². The second kappa shape index (κ2) is 6.90. The smallest absolute Gasteiger partial charge is 0.433 e. The molecule has 3 rings (SSSR count). The van der Waals surface area contributed by atoms with Crippen molar-refractivity contribution in [3.63, 3.8) is 0 Å². The number of nitrogens with zero attached hydrogens (tertiary/aromatic N) is 3. The van der Waals surface area contributed by atoms with E-state index < -0.39 is 29.4 Å². The first-order chi connectivity index (χ1) is 12.7. The van der Waals surface area contributed by atoms with E-state index in [1.807, 2.05) is 0 Å². The molecule has 1 amide bonds. The second-order valence-electron chi connectivity index (χ2n) is 6.25. The van der Waals surface area contributed by atoms with Gasteiger partial charge in [0.15, 0.2) is 5.69 Å². The van der Waals surface area contributed by atoms with Crippen molar-refractivity contribution in [3.05, 3.63) is 53.7 Å². The molecule has 0 aliphatic carbocycles. The number of nitrogens with one attached hydrogen (secondary N) is 1. The Kier molecular flexibility index (Phi) is 4.77. The molecular formula is C18H17F3N4O2. The minimum Gasteiger partial charge on any atom is -0.441 e. The van der Waals surface area contributed by atoms with Crippen LogP contribution in [0.1, 0.15) is 41.7 Å². The van der Waals surface area contributed by atoms with Crippen molar-refractivity contribution in [1.82, 2.24) is 14.8 Å². The van der Waals surface area contributed by atoms with Crippen molar-refractivity contribution < 1.29 is 22.4 Å². The lowest BCUT2D eigenvalue weighted by Gasteiger charge is -2.15. The fourth-order valence-electron chi connectivity index (χ4n) is 2.62. The van der Waals surface area contributed by atoms with Crippen LogP contribution in [-0.2, 0) is 6.18 Å². The second-order valence-corrected chi connectivity index (χ2v) is 6.25. The van der Waals surface area contributed by atoms with Crippen molar-refractivity contribution in [1.29, 1.82) is 0 Å². The topological polar surface area (TPSA) is 73.0 Å². The third-order valence-corrected chi connectivity index (χ3v) is 3.79. The number of aromatic nitrogens is 3. The molecule has 0 bridgehead atoms. The van der Waals surface area contributed by atoms with E-state index in [9.17, 15) is 18.0 Å². The van der Waals surface area contributed by atoms with Crippen LogP contribution in [-0.4, -0.2) is 20.7 Å². The molecule has 0 aliphatic heterocycles. The van der Waals surface area contributed by atoms with Gasteiger partial charge in [0.2, 0.25) is 5.89 Å². The summed E-state index contributed by atoms with van der Waals surface area (Å²) in [4.78, 5) is 16.6. The monoisotopic (exact) mass is 378 g/mol. The first-order valence-corrected chi connectivity index (χ1v) is 8.15. The fraction of sp³-hybridized carbons (Fsp3) is 0.278. The number of hydrogen-bond donors (Lipinski definition) is 1. The van der Waals surface area contributed by atoms with Crippen LogP contribution in [0.15, 0.2) is 41.1 Å². The number of oxazole rings is 1. The van der Waals surface area contributed by atoms with Gasteiger partial charge in [-0.2, -0.15) is 18.3 Å². The summed E-state index contributed by atoms with van der Waals surface area (Å²) in [6, 6.07) is 5.96. The molecule has 6 nitrogen and oxygen atoms in total. The van der Waals surface area contributed by atoms with Gasteiger partial charge < -0.3 is 9.73 Å². The van der Waals surface area contributed by atoms with E-state index >= 15 is 0 Å². The molecule has 0 saturated carbocycles. The van der Waals surface area contributed by atoms with E-state index in [2.05, 4.69) is 15.4 Å². The molecule has 1 aromatic carbocycles. The average molecular weight is 378 g/mol. The van der Waals surface area contributed by atoms with Crippen molar-refractivity contribution in [2.45, 2.75) is 33.0 Å². The summed E-state index contributed by atoms with van der Waals surface area (Å²) in [7, 11) is 0. The zero-order valence-corrected chi connectivity index (χ0v) is 14.8. The normalized spacial score (nSPS) is 11.8. The average Bonchev–Trinajstić information content (AvgIpc) is 3.21. The fourth-order valence-corrected chi connectivity index (χ4v) is 2.62. The summed E-state index contributed by atoms with van der Waals surface area (Å²) in [5, 5.41) is 6.20. The number of anilines is 1. The van der Waals surface area contributed by atoms with Crippen LogP contribution in [0.4, 0.5) is 18.9 Å². The van der Waals surface area contributed by atoms with Crippen molar-refractivity contribution in [3.8, 4) is 11.5 Å². The summed E-state index contributed by atoms with van der Waals surface area (Å²) >= 11 is 0. The van der Waals surface area contributed by atoms with Crippen LogP contribution < -0.4 is 5.32 Å². The molecule has 3 aromatic rings. The predicted molar refractivity (Wildman–Crippen MR) is 92.2 cm³/mol. The highest BCUT2D eigenvalue weighted by molar-refractivity contribution is 6.05. The van der Waals surface area contributed by atoms with E-state index in [1.165, 1.54) is 0 Å². The SMILES string of the molecule is Cc1cnc(-c2cccc(NC(=O)c3cnn(C(C)C)c3C(F)(F)F)c2)o1. The minimum absolute atomic E-state index is 0.318. The van der Waals surface area contributed by atoms with Crippen molar-refractivity contribution >= 4 is 11.6 Å². The molecule has 27 heavy (non-hydrogen) atoms. The Labute approximate surface area is 153 Å². The van der Waals surface area contributed by atoms with E-state index in [-0.39, 0.29) is 0 Å². The standard InChI is InChI=1S/C18H17F3N4O2/c1-10(2)25-15(18(19,20)21)14(9-23-25)16(26)24-13-6-4-5-12(7-13)17-22-8-11(3)27-17/h4-10H,1-3H3,(H,24,26). The Hall–Kier alpha value is -3.10. The third-order valence-electron chi connectivity index (χ3n) is 3.79. The number of amides is 1. The zero-order chi connectivity index (χ0) is 19.8. The van der Waals surface area contributed by atoms with Gasteiger partial charge >= 0.3 is 6.18 Å². The predicted octanol–water partition coefficient (Wildman–Crippen LogP) is 4.70. The quantitative estimate of drug-likeness (QED) is 0.714. The Morgan fingerprint density at radius 1 is 1.26 bits per heavy atom. The van der Waals surface area contributed by atoms with E-state index in [1.54, 1.807) is 51.2 Å². The molecule has 9 heteroatoms. The van der Waals surface area contributed by atoms with Crippen LogP contribution in [0.25, 0.3) is 11.5 Å². The van der Waals surface area contributed by atoms with Crippen molar-refractivity contribution in [2.75, 3.05) is 5.32 Å². The Balaban J connectivity index is 1.91. The molecule has 1 N–H and O–H groups in total. The van der Waals surface area contributed by atoms with Crippen LogP contribution in [0.3, 0.4) is 0 Å². The number of aryl methyl sites for hydroxylation is 1. The summed E-state index contributed by atoms with van der Waals surface area (Å²) in [5.74, 6) is 0.0810. The maximum atomic E-state index is 13.4. The number of carbonyl (C=O) groups is 1. The zero-order valence-electron chi connectivity index (χ0n) is 14.8. The maximum Gasteiger partial charge on any atom is 0.433 e. The van der Waals surface area contributed by atoms with Crippen LogP contribution in [0.2, 0.25) is 0 Å². The number of hydrogen-bond acceptors (Lipinski definition) is 4. The number of halogens is 3. The van der Waals surface area contributed by atoms with Gasteiger partial charge in [-0.3, -0.25) is 9.48 Å². The maximum absolute atomic E-state index is 13.4. The highest BCUT2D eigenvalue weighted by Gasteiger charge is 2.40. The number of rotatable bonds is 4. The van der Waals surface area contributed by atoms with Crippen molar-refractivity contribution in [2.24, 2.45) is 0 Å². The first kappa shape index (κ1) is 18.7. The Morgan fingerprint density at radius 2 is 2.00 bits per heavy atom.